The summed E-state index contributed by atoms with van der Waals surface area (Å²) >= 11 is 0. The lowest BCUT2D eigenvalue weighted by atomic mass is 10.0. The predicted molar refractivity (Wildman–Crippen MR) is 115 cm³/mol. The molecule has 3 rings (SSSR count). The Morgan fingerprint density at radius 3 is 2.14 bits per heavy atom. The molecule has 1 N–H and O–H groups in total. The zero-order valence-electron chi connectivity index (χ0n) is 17.6. The number of hydrogen-bond donors (Lipinski definition) is 1. The molecule has 29 heavy (non-hydrogen) atoms. The van der Waals surface area contributed by atoms with Crippen LogP contribution in [-0.4, -0.2) is 69.2 Å². The average molecular weight is 398 g/mol. The van der Waals surface area contributed by atoms with E-state index in [1.54, 1.807) is 26.4 Å². The second-order valence-electron chi connectivity index (χ2n) is 7.14. The number of amides is 1. The van der Waals surface area contributed by atoms with Crippen LogP contribution < -0.4 is 14.8 Å². The summed E-state index contributed by atoms with van der Waals surface area (Å²) in [5, 5.41) is 3.12. The van der Waals surface area contributed by atoms with Crippen molar-refractivity contribution in [1.82, 2.24) is 15.1 Å². The van der Waals surface area contributed by atoms with Gasteiger partial charge in [0.2, 0.25) is 0 Å². The molecule has 1 heterocycles. The standard InChI is InChI=1S/C23H31N3O3/c1-4-25-13-15-26(16-14-25)19(18-9-6-5-7-10-18)17-24-23(27)22-20(28-2)11-8-12-21(22)29-3/h5-12,19H,4,13-17H2,1-3H3,(H,24,27). The highest BCUT2D eigenvalue weighted by molar-refractivity contribution is 5.99. The summed E-state index contributed by atoms with van der Waals surface area (Å²) in [6.07, 6.45) is 0. The zero-order valence-corrected chi connectivity index (χ0v) is 17.6. The minimum atomic E-state index is -0.188. The van der Waals surface area contributed by atoms with Crippen molar-refractivity contribution in [2.45, 2.75) is 13.0 Å². The fraction of sp³-hybridized carbons (Fsp3) is 0.435. The first-order valence-electron chi connectivity index (χ1n) is 10.2. The molecule has 156 valence electrons. The average Bonchev–Trinajstić information content (AvgIpc) is 2.79. The zero-order chi connectivity index (χ0) is 20.6. The quantitative estimate of drug-likeness (QED) is 0.742. The Labute approximate surface area is 173 Å². The van der Waals surface area contributed by atoms with Gasteiger partial charge in [0, 0.05) is 32.7 Å². The van der Waals surface area contributed by atoms with Gasteiger partial charge in [0.15, 0.2) is 0 Å². The highest BCUT2D eigenvalue weighted by Crippen LogP contribution is 2.28. The fourth-order valence-electron chi connectivity index (χ4n) is 3.88. The maximum absolute atomic E-state index is 13.0. The first-order chi connectivity index (χ1) is 14.2. The van der Waals surface area contributed by atoms with Gasteiger partial charge in [0.25, 0.3) is 5.91 Å². The van der Waals surface area contributed by atoms with Crippen LogP contribution >= 0.6 is 0 Å². The Kier molecular flexibility index (Phi) is 7.49. The van der Waals surface area contributed by atoms with Crippen molar-refractivity contribution in [3.63, 3.8) is 0 Å². The predicted octanol–water partition coefficient (Wildman–Crippen LogP) is 2.81. The van der Waals surface area contributed by atoms with Gasteiger partial charge in [-0.2, -0.15) is 0 Å². The van der Waals surface area contributed by atoms with Crippen LogP contribution in [0.3, 0.4) is 0 Å². The van der Waals surface area contributed by atoms with Crippen LogP contribution in [0.5, 0.6) is 11.5 Å². The van der Waals surface area contributed by atoms with Gasteiger partial charge in [-0.15, -0.1) is 0 Å². The Morgan fingerprint density at radius 2 is 1.59 bits per heavy atom. The highest BCUT2D eigenvalue weighted by Gasteiger charge is 2.26. The van der Waals surface area contributed by atoms with Gasteiger partial charge in [-0.05, 0) is 24.2 Å². The molecule has 1 atom stereocenters. The molecular formula is C23H31N3O3. The maximum Gasteiger partial charge on any atom is 0.258 e. The van der Waals surface area contributed by atoms with Gasteiger partial charge in [0.05, 0.1) is 20.3 Å². The number of piperazine rings is 1. The number of carbonyl (C=O) groups is 1. The maximum atomic E-state index is 13.0. The molecule has 2 aromatic carbocycles. The lowest BCUT2D eigenvalue weighted by Crippen LogP contribution is -2.49. The van der Waals surface area contributed by atoms with Crippen LogP contribution in [0.4, 0.5) is 0 Å². The van der Waals surface area contributed by atoms with Crippen LogP contribution in [0, 0.1) is 0 Å². The Morgan fingerprint density at radius 1 is 0.966 bits per heavy atom. The van der Waals surface area contributed by atoms with E-state index in [0.29, 0.717) is 23.6 Å². The number of likely N-dealkylation sites (N-methyl/N-ethyl adjacent to an activating group) is 1. The molecular weight excluding hydrogens is 366 g/mol. The van der Waals surface area contributed by atoms with E-state index in [1.807, 2.05) is 12.1 Å². The minimum Gasteiger partial charge on any atom is -0.496 e. The minimum absolute atomic E-state index is 0.125. The van der Waals surface area contributed by atoms with Crippen LogP contribution in [0.15, 0.2) is 48.5 Å². The molecule has 1 aliphatic heterocycles. The molecule has 6 nitrogen and oxygen atoms in total. The third-order valence-corrected chi connectivity index (χ3v) is 5.59. The molecule has 0 bridgehead atoms. The largest absolute Gasteiger partial charge is 0.496 e. The molecule has 1 fully saturated rings. The first-order valence-corrected chi connectivity index (χ1v) is 10.2. The second-order valence-corrected chi connectivity index (χ2v) is 7.14. The van der Waals surface area contributed by atoms with Gasteiger partial charge < -0.3 is 19.7 Å². The van der Waals surface area contributed by atoms with E-state index in [0.717, 1.165) is 32.7 Å². The summed E-state index contributed by atoms with van der Waals surface area (Å²) in [5.41, 5.74) is 1.64. The lowest BCUT2D eigenvalue weighted by Gasteiger charge is -2.39. The van der Waals surface area contributed by atoms with E-state index in [2.05, 4.69) is 46.3 Å². The highest BCUT2D eigenvalue weighted by atomic mass is 16.5. The van der Waals surface area contributed by atoms with Crippen LogP contribution in [0.1, 0.15) is 28.9 Å². The van der Waals surface area contributed by atoms with Crippen molar-refractivity contribution < 1.29 is 14.3 Å². The molecule has 0 aliphatic carbocycles. The Balaban J connectivity index is 1.76. The number of nitrogens with zero attached hydrogens (tertiary/aromatic N) is 2. The Hall–Kier alpha value is -2.57. The van der Waals surface area contributed by atoms with E-state index in [9.17, 15) is 4.79 Å². The summed E-state index contributed by atoms with van der Waals surface area (Å²) in [4.78, 5) is 17.9. The fourth-order valence-corrected chi connectivity index (χ4v) is 3.88. The first kappa shape index (κ1) is 21.1. The molecule has 0 aromatic heterocycles. The molecule has 0 saturated carbocycles. The van der Waals surface area contributed by atoms with Gasteiger partial charge in [-0.25, -0.2) is 0 Å². The number of benzene rings is 2. The van der Waals surface area contributed by atoms with Crippen molar-refractivity contribution in [1.29, 1.82) is 0 Å². The molecule has 0 radical (unpaired) electrons. The number of rotatable bonds is 8. The third kappa shape index (κ3) is 5.08. The van der Waals surface area contributed by atoms with Gasteiger partial charge in [-0.3, -0.25) is 9.69 Å². The Bertz CT molecular complexity index is 767. The number of hydrogen-bond acceptors (Lipinski definition) is 5. The van der Waals surface area contributed by atoms with Crippen molar-refractivity contribution in [2.24, 2.45) is 0 Å². The van der Waals surface area contributed by atoms with Gasteiger partial charge >= 0.3 is 0 Å². The lowest BCUT2D eigenvalue weighted by molar-refractivity contribution is 0.0851. The van der Waals surface area contributed by atoms with Crippen molar-refractivity contribution in [3.05, 3.63) is 59.7 Å². The number of ether oxygens (including phenoxy) is 2. The third-order valence-electron chi connectivity index (χ3n) is 5.59. The summed E-state index contributed by atoms with van der Waals surface area (Å²) < 4.78 is 10.8. The summed E-state index contributed by atoms with van der Waals surface area (Å²) in [7, 11) is 3.12. The van der Waals surface area contributed by atoms with Crippen LogP contribution in [0.25, 0.3) is 0 Å². The number of methoxy groups -OCH3 is 2. The molecule has 1 aliphatic rings. The van der Waals surface area contributed by atoms with Crippen molar-refractivity contribution in [2.75, 3.05) is 53.5 Å². The molecule has 6 heteroatoms. The summed E-state index contributed by atoms with van der Waals surface area (Å²) in [5.74, 6) is 0.830. The van der Waals surface area contributed by atoms with Gasteiger partial charge in [0.1, 0.15) is 17.1 Å². The van der Waals surface area contributed by atoms with E-state index in [4.69, 9.17) is 9.47 Å². The summed E-state index contributed by atoms with van der Waals surface area (Å²) in [6.45, 7) is 7.88. The smallest absolute Gasteiger partial charge is 0.258 e. The van der Waals surface area contributed by atoms with Crippen LogP contribution in [0.2, 0.25) is 0 Å². The van der Waals surface area contributed by atoms with Crippen molar-refractivity contribution >= 4 is 5.91 Å². The van der Waals surface area contributed by atoms with E-state index in [-0.39, 0.29) is 11.9 Å². The SMILES string of the molecule is CCN1CCN(C(CNC(=O)c2c(OC)cccc2OC)c2ccccc2)CC1. The normalized spacial score (nSPS) is 16.2. The topological polar surface area (TPSA) is 54.0 Å². The second kappa shape index (κ2) is 10.3. The van der Waals surface area contributed by atoms with E-state index in [1.165, 1.54) is 5.56 Å². The monoisotopic (exact) mass is 397 g/mol. The molecule has 2 aromatic rings. The molecule has 1 saturated heterocycles. The summed E-state index contributed by atoms with van der Waals surface area (Å²) in [6, 6.07) is 15.9. The molecule has 1 unspecified atom stereocenters. The number of carbonyl (C=O) groups excluding carboxylic acids is 1. The van der Waals surface area contributed by atoms with E-state index < -0.39 is 0 Å². The number of nitrogens with one attached hydrogen (secondary N) is 1. The molecule has 0 spiro atoms. The van der Waals surface area contributed by atoms with Crippen LogP contribution in [-0.2, 0) is 0 Å². The van der Waals surface area contributed by atoms with E-state index >= 15 is 0 Å². The molecule has 1 amide bonds. The van der Waals surface area contributed by atoms with Crippen molar-refractivity contribution in [3.8, 4) is 11.5 Å². The van der Waals surface area contributed by atoms with Gasteiger partial charge in [-0.1, -0.05) is 43.3 Å².